The van der Waals surface area contributed by atoms with E-state index in [-0.39, 0.29) is 25.1 Å². The summed E-state index contributed by atoms with van der Waals surface area (Å²) in [7, 11) is 0. The molecule has 0 spiro atoms. The van der Waals surface area contributed by atoms with E-state index in [1.54, 1.807) is 0 Å². The maximum Gasteiger partial charge on any atom is 0.389 e. The van der Waals surface area contributed by atoms with Crippen LogP contribution in [0.5, 0.6) is 0 Å². The zero-order valence-electron chi connectivity index (χ0n) is 11.2. The number of aliphatic hydroxyl groups excluding tert-OH is 1. The van der Waals surface area contributed by atoms with Crippen molar-refractivity contribution in [2.24, 2.45) is 0 Å². The number of hydrogen-bond donors (Lipinski definition) is 2. The predicted octanol–water partition coefficient (Wildman–Crippen LogP) is 1.89. The van der Waals surface area contributed by atoms with Gasteiger partial charge in [0.2, 0.25) is 0 Å². The van der Waals surface area contributed by atoms with Gasteiger partial charge in [-0.3, -0.25) is 9.78 Å². The first-order chi connectivity index (χ1) is 9.92. The van der Waals surface area contributed by atoms with Gasteiger partial charge in [-0.15, -0.1) is 0 Å². The van der Waals surface area contributed by atoms with Crippen molar-refractivity contribution in [2.75, 3.05) is 13.2 Å². The number of hydrogen-bond acceptors (Lipinski definition) is 3. The second kappa shape index (κ2) is 8.27. The molecule has 0 aromatic carbocycles. The Morgan fingerprint density at radius 2 is 2.14 bits per heavy atom. The van der Waals surface area contributed by atoms with Gasteiger partial charge in [0.05, 0.1) is 12.2 Å². The van der Waals surface area contributed by atoms with E-state index in [1.807, 2.05) is 0 Å². The quantitative estimate of drug-likeness (QED) is 0.645. The number of rotatable bonds is 5. The van der Waals surface area contributed by atoms with Gasteiger partial charge in [-0.25, -0.2) is 0 Å². The van der Waals surface area contributed by atoms with Crippen molar-refractivity contribution in [3.63, 3.8) is 0 Å². The van der Waals surface area contributed by atoms with Gasteiger partial charge in [0.1, 0.15) is 0 Å². The lowest BCUT2D eigenvalue weighted by Crippen LogP contribution is -2.25. The monoisotopic (exact) mass is 300 g/mol. The van der Waals surface area contributed by atoms with E-state index in [2.05, 4.69) is 22.1 Å². The average molecular weight is 300 g/mol. The van der Waals surface area contributed by atoms with Crippen molar-refractivity contribution in [3.05, 3.63) is 29.6 Å². The Kier molecular flexibility index (Phi) is 6.69. The highest BCUT2D eigenvalue weighted by molar-refractivity contribution is 5.94. The SMILES string of the molecule is O=C(NCCCC(F)(F)F)c1cncc(C#CCCO)c1. The van der Waals surface area contributed by atoms with E-state index in [0.717, 1.165) is 0 Å². The molecule has 4 nitrogen and oxygen atoms in total. The molecule has 1 amide bonds. The van der Waals surface area contributed by atoms with Gasteiger partial charge in [0.15, 0.2) is 0 Å². The number of aromatic nitrogens is 1. The van der Waals surface area contributed by atoms with E-state index >= 15 is 0 Å². The Bertz CT molecular complexity index is 533. The fourth-order valence-corrected chi connectivity index (χ4v) is 1.45. The molecular weight excluding hydrogens is 285 g/mol. The molecule has 0 saturated heterocycles. The van der Waals surface area contributed by atoms with Gasteiger partial charge in [-0.2, -0.15) is 13.2 Å². The van der Waals surface area contributed by atoms with Crippen molar-refractivity contribution in [2.45, 2.75) is 25.4 Å². The van der Waals surface area contributed by atoms with Gasteiger partial charge in [-0.05, 0) is 12.5 Å². The lowest BCUT2D eigenvalue weighted by molar-refractivity contribution is -0.135. The molecule has 0 aliphatic rings. The van der Waals surface area contributed by atoms with Crippen molar-refractivity contribution >= 4 is 5.91 Å². The molecule has 0 radical (unpaired) electrons. The van der Waals surface area contributed by atoms with Crippen LogP contribution in [0.15, 0.2) is 18.5 Å². The first-order valence-electron chi connectivity index (χ1n) is 6.32. The van der Waals surface area contributed by atoms with Gasteiger partial charge in [-0.1, -0.05) is 11.8 Å². The minimum Gasteiger partial charge on any atom is -0.395 e. The molecule has 0 aliphatic carbocycles. The Labute approximate surface area is 120 Å². The van der Waals surface area contributed by atoms with Crippen LogP contribution >= 0.6 is 0 Å². The third kappa shape index (κ3) is 7.32. The highest BCUT2D eigenvalue weighted by Gasteiger charge is 2.25. The third-order valence-corrected chi connectivity index (χ3v) is 2.39. The molecule has 0 saturated carbocycles. The molecule has 21 heavy (non-hydrogen) atoms. The number of pyridine rings is 1. The molecule has 0 unspecified atom stereocenters. The molecular formula is C14H15F3N2O2. The molecule has 1 aromatic heterocycles. The summed E-state index contributed by atoms with van der Waals surface area (Å²) in [6, 6.07) is 1.50. The highest BCUT2D eigenvalue weighted by Crippen LogP contribution is 2.20. The number of aliphatic hydroxyl groups is 1. The second-order valence-corrected chi connectivity index (χ2v) is 4.21. The second-order valence-electron chi connectivity index (χ2n) is 4.21. The highest BCUT2D eigenvalue weighted by atomic mass is 19.4. The maximum atomic E-state index is 11.9. The first kappa shape index (κ1) is 17.0. The van der Waals surface area contributed by atoms with Crippen molar-refractivity contribution < 1.29 is 23.1 Å². The molecule has 0 bridgehead atoms. The van der Waals surface area contributed by atoms with E-state index in [1.165, 1.54) is 18.5 Å². The zero-order valence-corrected chi connectivity index (χ0v) is 11.2. The summed E-state index contributed by atoms with van der Waals surface area (Å²) < 4.78 is 35.8. The largest absolute Gasteiger partial charge is 0.395 e. The van der Waals surface area contributed by atoms with Gasteiger partial charge < -0.3 is 10.4 Å². The Morgan fingerprint density at radius 1 is 1.38 bits per heavy atom. The summed E-state index contributed by atoms with van der Waals surface area (Å²) in [4.78, 5) is 15.6. The molecule has 1 rings (SSSR count). The third-order valence-electron chi connectivity index (χ3n) is 2.39. The molecule has 0 atom stereocenters. The fraction of sp³-hybridized carbons (Fsp3) is 0.429. The number of alkyl halides is 3. The van der Waals surface area contributed by atoms with Crippen LogP contribution < -0.4 is 5.32 Å². The number of halogens is 3. The summed E-state index contributed by atoms with van der Waals surface area (Å²) in [5, 5.41) is 11.0. The fourth-order valence-electron chi connectivity index (χ4n) is 1.45. The summed E-state index contributed by atoms with van der Waals surface area (Å²) in [5.41, 5.74) is 0.740. The van der Waals surface area contributed by atoms with Gasteiger partial charge >= 0.3 is 6.18 Å². The van der Waals surface area contributed by atoms with Crippen LogP contribution in [0.25, 0.3) is 0 Å². The Hall–Kier alpha value is -2.07. The van der Waals surface area contributed by atoms with Crippen molar-refractivity contribution in [1.29, 1.82) is 0 Å². The lowest BCUT2D eigenvalue weighted by Gasteiger charge is -2.07. The summed E-state index contributed by atoms with van der Waals surface area (Å²) in [6.07, 6.45) is -2.22. The summed E-state index contributed by atoms with van der Waals surface area (Å²) >= 11 is 0. The molecule has 1 heterocycles. The molecule has 114 valence electrons. The molecule has 2 N–H and O–H groups in total. The summed E-state index contributed by atoms with van der Waals surface area (Å²) in [6.45, 7) is -0.113. The van der Waals surface area contributed by atoms with Gasteiger partial charge in [0.25, 0.3) is 5.91 Å². The Balaban J connectivity index is 2.51. The molecule has 1 aromatic rings. The standard InChI is InChI=1S/C14H15F3N2O2/c15-14(16,17)5-3-6-19-13(21)12-8-11(9-18-10-12)4-1-2-7-20/h8-10,20H,2-3,5-7H2,(H,19,21). The van der Waals surface area contributed by atoms with Crippen molar-refractivity contribution in [1.82, 2.24) is 10.3 Å². The van der Waals surface area contributed by atoms with E-state index in [4.69, 9.17) is 5.11 Å². The zero-order chi connectivity index (χ0) is 15.7. The number of carbonyl (C=O) groups is 1. The van der Waals surface area contributed by atoms with Crippen LogP contribution in [0.1, 0.15) is 35.2 Å². The van der Waals surface area contributed by atoms with E-state index in [9.17, 15) is 18.0 Å². The average Bonchev–Trinajstić information content (AvgIpc) is 2.43. The number of nitrogens with one attached hydrogen (secondary N) is 1. The van der Waals surface area contributed by atoms with Crippen molar-refractivity contribution in [3.8, 4) is 11.8 Å². The van der Waals surface area contributed by atoms with Crippen LogP contribution in [0.2, 0.25) is 0 Å². The Morgan fingerprint density at radius 3 is 2.81 bits per heavy atom. The molecule has 0 aliphatic heterocycles. The van der Waals surface area contributed by atoms with Crippen LogP contribution in [0, 0.1) is 11.8 Å². The predicted molar refractivity (Wildman–Crippen MR) is 70.4 cm³/mol. The first-order valence-corrected chi connectivity index (χ1v) is 6.32. The number of amides is 1. The minimum atomic E-state index is -4.21. The topological polar surface area (TPSA) is 62.2 Å². The molecule has 7 heteroatoms. The summed E-state index contributed by atoms with van der Waals surface area (Å²) in [5.74, 6) is 4.93. The van der Waals surface area contributed by atoms with Crippen LogP contribution in [0.3, 0.4) is 0 Å². The van der Waals surface area contributed by atoms with E-state index in [0.29, 0.717) is 12.0 Å². The normalized spacial score (nSPS) is 10.7. The number of nitrogens with zero attached hydrogens (tertiary/aromatic N) is 1. The smallest absolute Gasteiger partial charge is 0.389 e. The maximum absolute atomic E-state index is 11.9. The lowest BCUT2D eigenvalue weighted by atomic mass is 10.2. The minimum absolute atomic E-state index is 0.0557. The van der Waals surface area contributed by atoms with Crippen LogP contribution in [-0.2, 0) is 0 Å². The van der Waals surface area contributed by atoms with Crippen LogP contribution in [-0.4, -0.2) is 35.3 Å². The van der Waals surface area contributed by atoms with E-state index < -0.39 is 18.5 Å². The van der Waals surface area contributed by atoms with Gasteiger partial charge in [0, 0.05) is 37.3 Å². The van der Waals surface area contributed by atoms with Crippen LogP contribution in [0.4, 0.5) is 13.2 Å². The number of carbonyl (C=O) groups excluding carboxylic acids is 1. The molecule has 0 fully saturated rings.